The molecular formula is C14H22N2O. The van der Waals surface area contributed by atoms with E-state index in [1.807, 2.05) is 17.6 Å². The first-order valence-electron chi connectivity index (χ1n) is 6.72. The van der Waals surface area contributed by atoms with E-state index in [4.69, 9.17) is 5.73 Å². The molecule has 1 fully saturated rings. The third kappa shape index (κ3) is 2.71. The lowest BCUT2D eigenvalue weighted by Crippen LogP contribution is -2.24. The summed E-state index contributed by atoms with van der Waals surface area (Å²) < 4.78 is 1.88. The summed E-state index contributed by atoms with van der Waals surface area (Å²) in [7, 11) is 0. The van der Waals surface area contributed by atoms with E-state index < -0.39 is 0 Å². The van der Waals surface area contributed by atoms with Crippen LogP contribution in [0, 0.1) is 0 Å². The van der Waals surface area contributed by atoms with E-state index in [1.54, 1.807) is 0 Å². The number of nitrogens with zero attached hydrogens (tertiary/aromatic N) is 1. The van der Waals surface area contributed by atoms with Crippen molar-refractivity contribution < 1.29 is 0 Å². The number of nitrogens with two attached hydrogens (primary N) is 1. The molecule has 1 heterocycles. The first-order chi connectivity index (χ1) is 8.22. The molecule has 1 aliphatic carbocycles. The van der Waals surface area contributed by atoms with Crippen LogP contribution < -0.4 is 11.3 Å². The predicted octanol–water partition coefficient (Wildman–Crippen LogP) is 2.89. The lowest BCUT2D eigenvalue weighted by Gasteiger charge is -2.20. The second-order valence-electron chi connectivity index (χ2n) is 4.98. The molecule has 94 valence electrons. The van der Waals surface area contributed by atoms with Gasteiger partial charge in [-0.3, -0.25) is 4.79 Å². The van der Waals surface area contributed by atoms with Crippen molar-refractivity contribution in [2.45, 2.75) is 57.9 Å². The van der Waals surface area contributed by atoms with E-state index in [-0.39, 0.29) is 5.56 Å². The van der Waals surface area contributed by atoms with Crippen LogP contribution in [-0.2, 0) is 6.54 Å². The largest absolute Gasteiger partial charge is 0.399 e. The van der Waals surface area contributed by atoms with E-state index in [0.29, 0.717) is 11.6 Å². The third-order valence-electron chi connectivity index (χ3n) is 3.77. The molecule has 2 N–H and O–H groups in total. The highest BCUT2D eigenvalue weighted by atomic mass is 16.1. The maximum atomic E-state index is 11.9. The summed E-state index contributed by atoms with van der Waals surface area (Å²) >= 11 is 0. The molecule has 0 amide bonds. The van der Waals surface area contributed by atoms with E-state index in [9.17, 15) is 4.79 Å². The molecule has 0 aromatic carbocycles. The van der Waals surface area contributed by atoms with Gasteiger partial charge in [-0.2, -0.15) is 0 Å². The molecule has 0 unspecified atom stereocenters. The second-order valence-corrected chi connectivity index (χ2v) is 4.98. The number of anilines is 1. The van der Waals surface area contributed by atoms with Crippen molar-refractivity contribution in [2.24, 2.45) is 0 Å². The number of pyridine rings is 1. The Labute approximate surface area is 103 Å². The Bertz CT molecular complexity index is 428. The van der Waals surface area contributed by atoms with E-state index in [1.165, 1.54) is 44.6 Å². The van der Waals surface area contributed by atoms with Crippen molar-refractivity contribution in [3.05, 3.63) is 28.2 Å². The van der Waals surface area contributed by atoms with Gasteiger partial charge >= 0.3 is 0 Å². The quantitative estimate of drug-likeness (QED) is 0.800. The Hall–Kier alpha value is -1.25. The van der Waals surface area contributed by atoms with Gasteiger partial charge in [-0.25, -0.2) is 0 Å². The fourth-order valence-corrected chi connectivity index (χ4v) is 2.89. The van der Waals surface area contributed by atoms with Crippen LogP contribution in [0.2, 0.25) is 0 Å². The molecule has 1 saturated carbocycles. The maximum Gasteiger partial charge on any atom is 0.252 e. The minimum absolute atomic E-state index is 0.0479. The number of aromatic nitrogens is 1. The van der Waals surface area contributed by atoms with Crippen LogP contribution in [0.5, 0.6) is 0 Å². The third-order valence-corrected chi connectivity index (χ3v) is 3.77. The molecule has 2 rings (SSSR count). The van der Waals surface area contributed by atoms with Gasteiger partial charge in [0.1, 0.15) is 0 Å². The average Bonchev–Trinajstić information content (AvgIpc) is 2.56. The molecule has 1 aliphatic rings. The van der Waals surface area contributed by atoms with Crippen LogP contribution in [0.15, 0.2) is 16.9 Å². The average molecular weight is 234 g/mol. The van der Waals surface area contributed by atoms with Gasteiger partial charge in [0.05, 0.1) is 0 Å². The Morgan fingerprint density at radius 2 is 1.88 bits per heavy atom. The number of rotatable bonds is 2. The molecule has 0 saturated heterocycles. The number of hydrogen-bond acceptors (Lipinski definition) is 2. The van der Waals surface area contributed by atoms with E-state index in [2.05, 4.69) is 0 Å². The maximum absolute atomic E-state index is 11.9. The van der Waals surface area contributed by atoms with Gasteiger partial charge in [0, 0.05) is 24.0 Å². The molecule has 1 aromatic heterocycles. The van der Waals surface area contributed by atoms with Gasteiger partial charge < -0.3 is 10.3 Å². The SMILES string of the molecule is CCn1c(C2CCCCCC2)cc(N)cc1=O. The highest BCUT2D eigenvalue weighted by Gasteiger charge is 2.18. The zero-order valence-electron chi connectivity index (χ0n) is 10.6. The molecule has 0 bridgehead atoms. The molecule has 0 radical (unpaired) electrons. The fourth-order valence-electron chi connectivity index (χ4n) is 2.89. The second kappa shape index (κ2) is 5.39. The van der Waals surface area contributed by atoms with Crippen molar-refractivity contribution in [2.75, 3.05) is 5.73 Å². The summed E-state index contributed by atoms with van der Waals surface area (Å²) in [4.78, 5) is 11.9. The standard InChI is InChI=1S/C14H22N2O/c1-2-16-13(9-12(15)10-14(16)17)11-7-5-3-4-6-8-11/h9-11H,2-8,15H2,1H3. The summed E-state index contributed by atoms with van der Waals surface area (Å²) in [6.45, 7) is 2.77. The Balaban J connectivity index is 2.38. The first kappa shape index (κ1) is 12.2. The molecule has 0 spiro atoms. The van der Waals surface area contributed by atoms with Crippen molar-refractivity contribution in [1.29, 1.82) is 0 Å². The topological polar surface area (TPSA) is 48.0 Å². The van der Waals surface area contributed by atoms with Crippen molar-refractivity contribution in [3.8, 4) is 0 Å². The van der Waals surface area contributed by atoms with Crippen LogP contribution in [0.3, 0.4) is 0 Å². The van der Waals surface area contributed by atoms with E-state index in [0.717, 1.165) is 12.2 Å². The number of nitrogen functional groups attached to an aromatic ring is 1. The molecule has 3 heteroatoms. The van der Waals surface area contributed by atoms with Gasteiger partial charge in [-0.05, 0) is 31.7 Å². The minimum Gasteiger partial charge on any atom is -0.399 e. The van der Waals surface area contributed by atoms with Gasteiger partial charge in [-0.1, -0.05) is 25.7 Å². The zero-order valence-corrected chi connectivity index (χ0v) is 10.6. The lowest BCUT2D eigenvalue weighted by molar-refractivity contribution is 0.531. The van der Waals surface area contributed by atoms with Crippen molar-refractivity contribution in [1.82, 2.24) is 4.57 Å². The molecule has 1 aromatic rings. The highest BCUT2D eigenvalue weighted by Crippen LogP contribution is 2.31. The molecule has 17 heavy (non-hydrogen) atoms. The molecule has 0 atom stereocenters. The van der Waals surface area contributed by atoms with Gasteiger partial charge in [0.2, 0.25) is 0 Å². The first-order valence-corrected chi connectivity index (χ1v) is 6.72. The van der Waals surface area contributed by atoms with Crippen LogP contribution in [-0.4, -0.2) is 4.57 Å². The predicted molar refractivity (Wildman–Crippen MR) is 71.2 cm³/mol. The van der Waals surface area contributed by atoms with Gasteiger partial charge in [-0.15, -0.1) is 0 Å². The molecular weight excluding hydrogens is 212 g/mol. The number of hydrogen-bond donors (Lipinski definition) is 1. The summed E-state index contributed by atoms with van der Waals surface area (Å²) in [6, 6.07) is 3.53. The Kier molecular flexibility index (Phi) is 3.87. The zero-order chi connectivity index (χ0) is 12.3. The minimum atomic E-state index is 0.0479. The summed E-state index contributed by atoms with van der Waals surface area (Å²) in [5, 5.41) is 0. The molecule has 0 aliphatic heterocycles. The summed E-state index contributed by atoms with van der Waals surface area (Å²) in [5.74, 6) is 0.522. The van der Waals surface area contributed by atoms with Crippen LogP contribution in [0.4, 0.5) is 5.69 Å². The summed E-state index contributed by atoms with van der Waals surface area (Å²) in [5.41, 5.74) is 7.63. The smallest absolute Gasteiger partial charge is 0.252 e. The fraction of sp³-hybridized carbons (Fsp3) is 0.643. The monoisotopic (exact) mass is 234 g/mol. The highest BCUT2D eigenvalue weighted by molar-refractivity contribution is 5.39. The Morgan fingerprint density at radius 3 is 2.47 bits per heavy atom. The lowest BCUT2D eigenvalue weighted by atomic mass is 9.95. The van der Waals surface area contributed by atoms with Gasteiger partial charge in [0.25, 0.3) is 5.56 Å². The van der Waals surface area contributed by atoms with Gasteiger partial charge in [0.15, 0.2) is 0 Å². The van der Waals surface area contributed by atoms with Crippen LogP contribution in [0.25, 0.3) is 0 Å². The van der Waals surface area contributed by atoms with Crippen molar-refractivity contribution >= 4 is 5.69 Å². The van der Waals surface area contributed by atoms with Crippen molar-refractivity contribution in [3.63, 3.8) is 0 Å². The summed E-state index contributed by atoms with van der Waals surface area (Å²) in [6.07, 6.45) is 7.60. The normalized spacial score (nSPS) is 17.9. The van der Waals surface area contributed by atoms with Crippen LogP contribution in [0.1, 0.15) is 57.1 Å². The molecule has 3 nitrogen and oxygen atoms in total. The van der Waals surface area contributed by atoms with E-state index >= 15 is 0 Å². The Morgan fingerprint density at radius 1 is 1.24 bits per heavy atom. The van der Waals surface area contributed by atoms with Crippen LogP contribution >= 0.6 is 0 Å².